The van der Waals surface area contributed by atoms with Gasteiger partial charge in [-0.15, -0.1) is 0 Å². The quantitative estimate of drug-likeness (QED) is 0.898. The molecule has 0 fully saturated rings. The van der Waals surface area contributed by atoms with E-state index in [2.05, 4.69) is 9.69 Å². The van der Waals surface area contributed by atoms with E-state index in [1.807, 2.05) is 12.1 Å². The number of anilines is 2. The van der Waals surface area contributed by atoms with Crippen molar-refractivity contribution in [3.05, 3.63) is 40.8 Å². The molecule has 0 radical (unpaired) electrons. The van der Waals surface area contributed by atoms with Crippen LogP contribution in [-0.4, -0.2) is 4.37 Å². The Morgan fingerprint density at radius 1 is 1.33 bits per heavy atom. The Balaban J connectivity index is 2.35. The summed E-state index contributed by atoms with van der Waals surface area (Å²) in [7, 11) is 0. The van der Waals surface area contributed by atoms with Crippen LogP contribution in [0.4, 0.5) is 15.1 Å². The molecule has 18 heavy (non-hydrogen) atoms. The predicted molar refractivity (Wildman–Crippen MR) is 66.0 cm³/mol. The molecule has 0 unspecified atom stereocenters. The largest absolute Gasteiger partial charge is 0.342 e. The Hall–Kier alpha value is -2.44. The van der Waals surface area contributed by atoms with E-state index in [-0.39, 0.29) is 11.3 Å². The SMILES string of the molecule is Cc1nsc(Nc2ccc(C#N)cc2F)c1C#N. The van der Waals surface area contributed by atoms with E-state index in [0.29, 0.717) is 16.3 Å². The standard InChI is InChI=1S/C12H7FN4S/c1-7-9(6-15)12(18-17-7)16-11-3-2-8(5-14)4-10(11)13/h2-4,16H,1H3. The van der Waals surface area contributed by atoms with E-state index in [1.165, 1.54) is 12.1 Å². The van der Waals surface area contributed by atoms with Crippen LogP contribution in [0.1, 0.15) is 16.8 Å². The van der Waals surface area contributed by atoms with Gasteiger partial charge in [-0.1, -0.05) is 0 Å². The normalized spacial score (nSPS) is 9.56. The van der Waals surface area contributed by atoms with Gasteiger partial charge in [0.05, 0.1) is 23.0 Å². The van der Waals surface area contributed by atoms with E-state index in [4.69, 9.17) is 10.5 Å². The van der Waals surface area contributed by atoms with Crippen molar-refractivity contribution in [3.8, 4) is 12.1 Å². The molecule has 6 heteroatoms. The van der Waals surface area contributed by atoms with Crippen molar-refractivity contribution in [3.63, 3.8) is 0 Å². The zero-order chi connectivity index (χ0) is 13.1. The molecule has 0 amide bonds. The molecule has 0 saturated heterocycles. The molecule has 1 N–H and O–H groups in total. The number of nitrogens with one attached hydrogen (secondary N) is 1. The number of hydrogen-bond acceptors (Lipinski definition) is 5. The molecule has 0 atom stereocenters. The fourth-order valence-electron chi connectivity index (χ4n) is 1.40. The molecule has 4 nitrogen and oxygen atoms in total. The van der Waals surface area contributed by atoms with Crippen molar-refractivity contribution in [2.75, 3.05) is 5.32 Å². The highest BCUT2D eigenvalue weighted by Crippen LogP contribution is 2.28. The van der Waals surface area contributed by atoms with Crippen molar-refractivity contribution < 1.29 is 4.39 Å². The summed E-state index contributed by atoms with van der Waals surface area (Å²) in [5.74, 6) is -0.538. The summed E-state index contributed by atoms with van der Waals surface area (Å²) in [6.45, 7) is 1.72. The average Bonchev–Trinajstić information content (AvgIpc) is 2.72. The van der Waals surface area contributed by atoms with Crippen molar-refractivity contribution in [2.45, 2.75) is 6.92 Å². The van der Waals surface area contributed by atoms with Crippen molar-refractivity contribution in [2.24, 2.45) is 0 Å². The van der Waals surface area contributed by atoms with Crippen molar-refractivity contribution in [1.82, 2.24) is 4.37 Å². The summed E-state index contributed by atoms with van der Waals surface area (Å²) >= 11 is 1.10. The van der Waals surface area contributed by atoms with Crippen LogP contribution in [0.5, 0.6) is 0 Å². The lowest BCUT2D eigenvalue weighted by Gasteiger charge is -2.05. The van der Waals surface area contributed by atoms with Crippen molar-refractivity contribution in [1.29, 1.82) is 10.5 Å². The summed E-state index contributed by atoms with van der Waals surface area (Å²) in [6.07, 6.45) is 0. The van der Waals surface area contributed by atoms with Gasteiger partial charge in [0.2, 0.25) is 0 Å². The minimum absolute atomic E-state index is 0.217. The number of nitriles is 2. The third-order valence-electron chi connectivity index (χ3n) is 2.32. The summed E-state index contributed by atoms with van der Waals surface area (Å²) in [4.78, 5) is 0. The summed E-state index contributed by atoms with van der Waals surface area (Å²) in [6, 6.07) is 7.98. The molecule has 1 aromatic heterocycles. The van der Waals surface area contributed by atoms with Crippen LogP contribution >= 0.6 is 11.5 Å². The van der Waals surface area contributed by atoms with Crippen LogP contribution in [0, 0.1) is 35.4 Å². The minimum Gasteiger partial charge on any atom is -0.342 e. The molecule has 0 bridgehead atoms. The lowest BCUT2D eigenvalue weighted by atomic mass is 10.2. The lowest BCUT2D eigenvalue weighted by Crippen LogP contribution is -1.94. The van der Waals surface area contributed by atoms with Crippen LogP contribution in [0.25, 0.3) is 0 Å². The second-order valence-electron chi connectivity index (χ2n) is 3.52. The first-order valence-electron chi connectivity index (χ1n) is 4.98. The Bertz CT molecular complexity index is 678. The number of rotatable bonds is 2. The van der Waals surface area contributed by atoms with Crippen LogP contribution in [0.3, 0.4) is 0 Å². The van der Waals surface area contributed by atoms with Gasteiger partial charge in [-0.05, 0) is 36.7 Å². The second-order valence-corrected chi connectivity index (χ2v) is 4.29. The van der Waals surface area contributed by atoms with E-state index >= 15 is 0 Å². The number of nitrogens with zero attached hydrogens (tertiary/aromatic N) is 3. The Labute approximate surface area is 107 Å². The molecule has 0 aliphatic rings. The molecule has 0 spiro atoms. The summed E-state index contributed by atoms with van der Waals surface area (Å²) in [5.41, 5.74) is 1.48. The van der Waals surface area contributed by atoms with Gasteiger partial charge >= 0.3 is 0 Å². The maximum atomic E-state index is 13.7. The van der Waals surface area contributed by atoms with Gasteiger partial charge in [0.1, 0.15) is 22.5 Å². The minimum atomic E-state index is -0.538. The third-order valence-corrected chi connectivity index (χ3v) is 3.17. The summed E-state index contributed by atoms with van der Waals surface area (Å²) < 4.78 is 17.7. The topological polar surface area (TPSA) is 72.5 Å². The Morgan fingerprint density at radius 3 is 2.72 bits per heavy atom. The van der Waals surface area contributed by atoms with Crippen LogP contribution in [0.2, 0.25) is 0 Å². The number of hydrogen-bond donors (Lipinski definition) is 1. The van der Waals surface area contributed by atoms with Gasteiger partial charge in [-0.25, -0.2) is 4.39 Å². The molecule has 88 valence electrons. The number of aryl methyl sites for hydroxylation is 1. The monoisotopic (exact) mass is 258 g/mol. The fraction of sp³-hybridized carbons (Fsp3) is 0.0833. The molecule has 0 aliphatic heterocycles. The lowest BCUT2D eigenvalue weighted by molar-refractivity contribution is 0.631. The molecule has 2 rings (SSSR count). The zero-order valence-electron chi connectivity index (χ0n) is 9.36. The zero-order valence-corrected chi connectivity index (χ0v) is 10.2. The van der Waals surface area contributed by atoms with E-state index in [1.54, 1.807) is 6.92 Å². The maximum Gasteiger partial charge on any atom is 0.147 e. The molecule has 2 aromatic rings. The number of aromatic nitrogens is 1. The van der Waals surface area contributed by atoms with E-state index in [0.717, 1.165) is 17.6 Å². The van der Waals surface area contributed by atoms with Gasteiger partial charge in [0.15, 0.2) is 0 Å². The van der Waals surface area contributed by atoms with Gasteiger partial charge in [0.25, 0.3) is 0 Å². The van der Waals surface area contributed by atoms with E-state index < -0.39 is 5.82 Å². The smallest absolute Gasteiger partial charge is 0.147 e. The van der Waals surface area contributed by atoms with Gasteiger partial charge < -0.3 is 5.32 Å². The van der Waals surface area contributed by atoms with Crippen LogP contribution in [-0.2, 0) is 0 Å². The molecular formula is C12H7FN4S. The van der Waals surface area contributed by atoms with Gasteiger partial charge in [0, 0.05) is 0 Å². The Kier molecular flexibility index (Phi) is 3.22. The third kappa shape index (κ3) is 2.15. The average molecular weight is 258 g/mol. The first kappa shape index (κ1) is 12.0. The molecular weight excluding hydrogens is 251 g/mol. The molecule has 0 aliphatic carbocycles. The second kappa shape index (κ2) is 4.82. The Morgan fingerprint density at radius 2 is 2.11 bits per heavy atom. The van der Waals surface area contributed by atoms with Crippen LogP contribution < -0.4 is 5.32 Å². The van der Waals surface area contributed by atoms with Gasteiger partial charge in [-0.3, -0.25) is 0 Å². The first-order valence-corrected chi connectivity index (χ1v) is 5.76. The predicted octanol–water partition coefficient (Wildman–Crippen LogP) is 3.08. The van der Waals surface area contributed by atoms with Crippen LogP contribution in [0.15, 0.2) is 18.2 Å². The van der Waals surface area contributed by atoms with E-state index in [9.17, 15) is 4.39 Å². The maximum absolute atomic E-state index is 13.7. The number of benzene rings is 1. The highest BCUT2D eigenvalue weighted by molar-refractivity contribution is 7.10. The highest BCUT2D eigenvalue weighted by Gasteiger charge is 2.12. The number of halogens is 1. The summed E-state index contributed by atoms with van der Waals surface area (Å²) in [5, 5.41) is 20.9. The fourth-order valence-corrected chi connectivity index (χ4v) is 2.15. The van der Waals surface area contributed by atoms with Gasteiger partial charge in [-0.2, -0.15) is 14.9 Å². The molecule has 1 heterocycles. The van der Waals surface area contributed by atoms with Crippen molar-refractivity contribution >= 4 is 22.2 Å². The first-order chi connectivity index (χ1) is 8.65. The highest BCUT2D eigenvalue weighted by atomic mass is 32.1. The molecule has 1 aromatic carbocycles. The molecule has 0 saturated carbocycles.